The van der Waals surface area contributed by atoms with Gasteiger partial charge < -0.3 is 5.11 Å². The lowest BCUT2D eigenvalue weighted by Crippen LogP contribution is -2.12. The number of rotatable bonds is 4. The molecule has 0 unspecified atom stereocenters. The van der Waals surface area contributed by atoms with Gasteiger partial charge in [0.2, 0.25) is 0 Å². The van der Waals surface area contributed by atoms with Crippen LogP contribution in [0.3, 0.4) is 0 Å². The third-order valence-electron chi connectivity index (χ3n) is 3.43. The zero-order valence-electron chi connectivity index (χ0n) is 12.8. The van der Waals surface area contributed by atoms with Gasteiger partial charge in [-0.15, -0.1) is 0 Å². The molecule has 0 aliphatic heterocycles. The molecule has 0 bridgehead atoms. The number of hydrogen-bond acceptors (Lipinski definition) is 2. The van der Waals surface area contributed by atoms with Gasteiger partial charge in [-0.3, -0.25) is 0 Å². The van der Waals surface area contributed by atoms with Crippen molar-refractivity contribution in [2.75, 3.05) is 0 Å². The van der Waals surface area contributed by atoms with E-state index in [1.165, 1.54) is 0 Å². The summed E-state index contributed by atoms with van der Waals surface area (Å²) in [5, 5.41) is 15.2. The number of aromatic hydroxyl groups is 1. The maximum atomic E-state index is 10.5. The quantitative estimate of drug-likeness (QED) is 0.905. The molecule has 0 saturated heterocycles. The average molecular weight is 272 g/mol. The molecule has 2 rings (SSSR count). The minimum atomic E-state index is -0.162. The summed E-state index contributed by atoms with van der Waals surface area (Å²) >= 11 is 0. The normalized spacial score (nSPS) is 11.8. The molecular formula is C17H24N2O. The van der Waals surface area contributed by atoms with Crippen molar-refractivity contribution in [1.82, 2.24) is 9.78 Å². The van der Waals surface area contributed by atoms with E-state index in [1.54, 1.807) is 0 Å². The summed E-state index contributed by atoms with van der Waals surface area (Å²) in [4.78, 5) is 0. The van der Waals surface area contributed by atoms with Gasteiger partial charge in [0, 0.05) is 5.41 Å². The minimum Gasteiger partial charge on any atom is -0.504 e. The molecule has 108 valence electrons. The second-order valence-electron chi connectivity index (χ2n) is 6.24. The fraction of sp³-hybridized carbons (Fsp3) is 0.471. The summed E-state index contributed by atoms with van der Waals surface area (Å²) in [6, 6.07) is 10.0. The maximum absolute atomic E-state index is 10.5. The van der Waals surface area contributed by atoms with Crippen molar-refractivity contribution in [3.8, 4) is 11.4 Å². The Labute approximate surface area is 121 Å². The minimum absolute atomic E-state index is 0.162. The van der Waals surface area contributed by atoms with Gasteiger partial charge >= 0.3 is 0 Å². The Balaban J connectivity index is 2.54. The standard InChI is InChI=1S/C17H24N2O/c1-5-6-12-14-15(20)16(17(2,3)4)18-19(14)13-10-8-7-9-11-13/h7-11,20H,5-6,12H2,1-4H3. The molecule has 0 amide bonds. The van der Waals surface area contributed by atoms with Crippen LogP contribution in [0.4, 0.5) is 0 Å². The van der Waals surface area contributed by atoms with Gasteiger partial charge in [0.05, 0.1) is 11.4 Å². The fourth-order valence-electron chi connectivity index (χ4n) is 2.30. The predicted molar refractivity (Wildman–Crippen MR) is 82.5 cm³/mol. The molecule has 0 fully saturated rings. The summed E-state index contributed by atoms with van der Waals surface area (Å²) in [5.74, 6) is 0.356. The second-order valence-corrected chi connectivity index (χ2v) is 6.24. The van der Waals surface area contributed by atoms with Crippen molar-refractivity contribution < 1.29 is 5.11 Å². The van der Waals surface area contributed by atoms with Crippen molar-refractivity contribution >= 4 is 0 Å². The second kappa shape index (κ2) is 5.70. The number of benzene rings is 1. The highest BCUT2D eigenvalue weighted by Gasteiger charge is 2.26. The summed E-state index contributed by atoms with van der Waals surface area (Å²) in [6.07, 6.45) is 3.00. The van der Waals surface area contributed by atoms with Gasteiger partial charge in [-0.2, -0.15) is 5.10 Å². The Morgan fingerprint density at radius 3 is 2.35 bits per heavy atom. The van der Waals surface area contributed by atoms with E-state index in [0.29, 0.717) is 5.75 Å². The van der Waals surface area contributed by atoms with Gasteiger partial charge in [-0.05, 0) is 25.0 Å². The van der Waals surface area contributed by atoms with Gasteiger partial charge in [0.15, 0.2) is 5.75 Å². The van der Waals surface area contributed by atoms with E-state index >= 15 is 0 Å². The summed E-state index contributed by atoms with van der Waals surface area (Å²) in [7, 11) is 0. The molecular weight excluding hydrogens is 248 g/mol. The van der Waals surface area contributed by atoms with Crippen LogP contribution in [-0.4, -0.2) is 14.9 Å². The molecule has 0 aliphatic carbocycles. The van der Waals surface area contributed by atoms with E-state index < -0.39 is 0 Å². The number of para-hydroxylation sites is 1. The third kappa shape index (κ3) is 2.87. The largest absolute Gasteiger partial charge is 0.504 e. The summed E-state index contributed by atoms with van der Waals surface area (Å²) in [5.41, 5.74) is 2.53. The predicted octanol–water partition coefficient (Wildman–Crippen LogP) is 4.22. The first-order valence-electron chi connectivity index (χ1n) is 7.32. The first kappa shape index (κ1) is 14.6. The average Bonchev–Trinajstić information content (AvgIpc) is 2.74. The van der Waals surface area contributed by atoms with Crippen LogP contribution in [0.1, 0.15) is 51.9 Å². The highest BCUT2D eigenvalue weighted by molar-refractivity contribution is 5.43. The van der Waals surface area contributed by atoms with Crippen LogP contribution in [0, 0.1) is 0 Å². The molecule has 0 atom stereocenters. The number of hydrogen-bond donors (Lipinski definition) is 1. The van der Waals surface area contributed by atoms with Gasteiger partial charge in [0.1, 0.15) is 5.69 Å². The first-order chi connectivity index (χ1) is 9.45. The Morgan fingerprint density at radius 1 is 1.15 bits per heavy atom. The van der Waals surface area contributed by atoms with Crippen LogP contribution in [0.2, 0.25) is 0 Å². The van der Waals surface area contributed by atoms with Crippen molar-refractivity contribution in [2.45, 2.75) is 52.4 Å². The molecule has 1 heterocycles. The molecule has 0 spiro atoms. The highest BCUT2D eigenvalue weighted by Crippen LogP contribution is 2.34. The maximum Gasteiger partial charge on any atom is 0.161 e. The lowest BCUT2D eigenvalue weighted by Gasteiger charge is -2.15. The molecule has 1 aromatic heterocycles. The number of aromatic nitrogens is 2. The van der Waals surface area contributed by atoms with E-state index in [9.17, 15) is 5.11 Å². The molecule has 20 heavy (non-hydrogen) atoms. The lowest BCUT2D eigenvalue weighted by molar-refractivity contribution is 0.438. The Morgan fingerprint density at radius 2 is 1.80 bits per heavy atom. The van der Waals surface area contributed by atoms with Gasteiger partial charge in [-0.25, -0.2) is 4.68 Å². The van der Waals surface area contributed by atoms with Crippen LogP contribution in [-0.2, 0) is 11.8 Å². The highest BCUT2D eigenvalue weighted by atomic mass is 16.3. The van der Waals surface area contributed by atoms with Gasteiger partial charge in [-0.1, -0.05) is 52.3 Å². The molecule has 3 nitrogen and oxygen atoms in total. The lowest BCUT2D eigenvalue weighted by atomic mass is 9.91. The topological polar surface area (TPSA) is 38.1 Å². The van der Waals surface area contributed by atoms with Crippen molar-refractivity contribution in [2.24, 2.45) is 0 Å². The van der Waals surface area contributed by atoms with E-state index in [2.05, 4.69) is 32.8 Å². The smallest absolute Gasteiger partial charge is 0.161 e. The van der Waals surface area contributed by atoms with Gasteiger partial charge in [0.25, 0.3) is 0 Å². The zero-order valence-corrected chi connectivity index (χ0v) is 12.8. The van der Waals surface area contributed by atoms with Crippen molar-refractivity contribution in [3.63, 3.8) is 0 Å². The molecule has 1 N–H and O–H groups in total. The number of nitrogens with zero attached hydrogens (tertiary/aromatic N) is 2. The van der Waals surface area contributed by atoms with E-state index in [4.69, 9.17) is 0 Å². The molecule has 3 heteroatoms. The Kier molecular flexibility index (Phi) is 4.17. The molecule has 2 aromatic rings. The summed E-state index contributed by atoms with van der Waals surface area (Å²) in [6.45, 7) is 8.39. The molecule has 1 aromatic carbocycles. The van der Waals surface area contributed by atoms with Crippen LogP contribution < -0.4 is 0 Å². The van der Waals surface area contributed by atoms with E-state index in [0.717, 1.165) is 36.3 Å². The molecule has 0 saturated carbocycles. The van der Waals surface area contributed by atoms with E-state index in [1.807, 2.05) is 35.0 Å². The Bertz CT molecular complexity index is 565. The third-order valence-corrected chi connectivity index (χ3v) is 3.43. The number of unbranched alkanes of at least 4 members (excludes halogenated alkanes) is 1. The molecule has 0 radical (unpaired) electrons. The van der Waals surface area contributed by atoms with Crippen LogP contribution >= 0.6 is 0 Å². The van der Waals surface area contributed by atoms with Crippen LogP contribution in [0.25, 0.3) is 5.69 Å². The SMILES string of the molecule is CCCCc1c(O)c(C(C)(C)C)nn1-c1ccccc1. The zero-order chi connectivity index (χ0) is 14.8. The molecule has 0 aliphatic rings. The monoisotopic (exact) mass is 272 g/mol. The van der Waals surface area contributed by atoms with E-state index in [-0.39, 0.29) is 5.41 Å². The van der Waals surface area contributed by atoms with Crippen LogP contribution in [0.15, 0.2) is 30.3 Å². The van der Waals surface area contributed by atoms with Crippen LogP contribution in [0.5, 0.6) is 5.75 Å². The Hall–Kier alpha value is -1.77. The van der Waals surface area contributed by atoms with Crippen molar-refractivity contribution in [1.29, 1.82) is 0 Å². The summed E-state index contributed by atoms with van der Waals surface area (Å²) < 4.78 is 1.89. The fourth-order valence-corrected chi connectivity index (χ4v) is 2.30. The van der Waals surface area contributed by atoms with Crippen molar-refractivity contribution in [3.05, 3.63) is 41.7 Å². The first-order valence-corrected chi connectivity index (χ1v) is 7.32.